The molecule has 4 aliphatic rings. The Hall–Kier alpha value is -0.940. The third-order valence-corrected chi connectivity index (χ3v) is 9.80. The average molecular weight is 393 g/mol. The predicted octanol–water partition coefficient (Wildman–Crippen LogP) is 3.27. The van der Waals surface area contributed by atoms with Crippen LogP contribution < -0.4 is 0 Å². The Kier molecular flexibility index (Phi) is 4.94. The summed E-state index contributed by atoms with van der Waals surface area (Å²) in [6, 6.07) is 0. The van der Waals surface area contributed by atoms with Gasteiger partial charge in [-0.05, 0) is 73.5 Å². The van der Waals surface area contributed by atoms with Gasteiger partial charge in [0.25, 0.3) is 0 Å². The molecule has 0 radical (unpaired) electrons. The van der Waals surface area contributed by atoms with E-state index in [-0.39, 0.29) is 58.9 Å². The zero-order chi connectivity index (χ0) is 20.4. The summed E-state index contributed by atoms with van der Waals surface area (Å²) >= 11 is 0. The molecule has 5 nitrogen and oxygen atoms in total. The predicted molar refractivity (Wildman–Crippen MR) is 104 cm³/mol. The van der Waals surface area contributed by atoms with Gasteiger partial charge >= 0.3 is 5.97 Å². The molecule has 0 aromatic rings. The Morgan fingerprint density at radius 2 is 1.86 bits per heavy atom. The molecule has 0 aromatic heterocycles. The van der Waals surface area contributed by atoms with Gasteiger partial charge in [0.15, 0.2) is 0 Å². The highest BCUT2D eigenvalue weighted by Gasteiger charge is 2.65. The van der Waals surface area contributed by atoms with Crippen LogP contribution in [0.4, 0.5) is 0 Å². The lowest BCUT2D eigenvalue weighted by Gasteiger charge is -2.61. The number of aliphatic hydroxyl groups is 2. The molecule has 4 saturated carbocycles. The number of rotatable bonds is 3. The minimum atomic E-state index is -0.785. The second-order valence-electron chi connectivity index (χ2n) is 10.9. The molecule has 0 aliphatic heterocycles. The average Bonchev–Trinajstić information content (AvgIpc) is 2.95. The van der Waals surface area contributed by atoms with Crippen molar-refractivity contribution < 1.29 is 24.9 Å². The molecule has 0 aromatic carbocycles. The summed E-state index contributed by atoms with van der Waals surface area (Å²) < 4.78 is 0. The maximum absolute atomic E-state index is 13.3. The SMILES string of the molecule is C[C@H](CC(=O)O)[C@H]1CC[C@H]2[C@@H]3C(=O)C[C@@H]4C[C@H](O)CC[C@]4(C)[C@H]3C[C@H](O)[C@]12C. The zero-order valence-electron chi connectivity index (χ0n) is 17.4. The first-order chi connectivity index (χ1) is 13.1. The normalized spacial score (nSPS) is 51.8. The van der Waals surface area contributed by atoms with E-state index in [0.717, 1.165) is 25.7 Å². The van der Waals surface area contributed by atoms with Crippen LogP contribution in [0.25, 0.3) is 0 Å². The van der Waals surface area contributed by atoms with E-state index >= 15 is 0 Å². The number of carbonyl (C=O) groups is 2. The smallest absolute Gasteiger partial charge is 0.303 e. The highest BCUT2D eigenvalue weighted by molar-refractivity contribution is 5.83. The van der Waals surface area contributed by atoms with E-state index in [1.807, 2.05) is 6.92 Å². The molecule has 28 heavy (non-hydrogen) atoms. The fraction of sp³-hybridized carbons (Fsp3) is 0.913. The van der Waals surface area contributed by atoms with E-state index in [0.29, 0.717) is 25.0 Å². The number of hydrogen-bond acceptors (Lipinski definition) is 4. The van der Waals surface area contributed by atoms with Crippen molar-refractivity contribution in [2.75, 3.05) is 0 Å². The third kappa shape index (κ3) is 2.79. The van der Waals surface area contributed by atoms with Crippen LogP contribution in [0.2, 0.25) is 0 Å². The summed E-state index contributed by atoms with van der Waals surface area (Å²) in [5.41, 5.74) is -0.353. The van der Waals surface area contributed by atoms with E-state index < -0.39 is 12.1 Å². The van der Waals surface area contributed by atoms with Crippen LogP contribution in [-0.4, -0.2) is 39.3 Å². The zero-order valence-corrected chi connectivity index (χ0v) is 17.4. The molecular weight excluding hydrogens is 356 g/mol. The van der Waals surface area contributed by atoms with Crippen molar-refractivity contribution >= 4 is 11.8 Å². The van der Waals surface area contributed by atoms with Crippen LogP contribution in [-0.2, 0) is 9.59 Å². The number of carbonyl (C=O) groups excluding carboxylic acids is 1. The molecule has 0 heterocycles. The van der Waals surface area contributed by atoms with Crippen LogP contribution in [0.5, 0.6) is 0 Å². The second kappa shape index (κ2) is 6.80. The number of Topliss-reactive ketones (excluding diaryl/α,β-unsaturated/α-hetero) is 1. The molecule has 4 aliphatic carbocycles. The number of carboxylic acids is 1. The lowest BCUT2D eigenvalue weighted by Crippen LogP contribution is -2.61. The Morgan fingerprint density at radius 3 is 2.54 bits per heavy atom. The van der Waals surface area contributed by atoms with Gasteiger partial charge < -0.3 is 15.3 Å². The molecule has 0 spiro atoms. The Bertz CT molecular complexity index is 661. The van der Waals surface area contributed by atoms with Crippen LogP contribution in [0.15, 0.2) is 0 Å². The number of aliphatic hydroxyl groups excluding tert-OH is 2. The highest BCUT2D eigenvalue weighted by Crippen LogP contribution is 2.67. The van der Waals surface area contributed by atoms with Crippen LogP contribution in [0.3, 0.4) is 0 Å². The topological polar surface area (TPSA) is 94.8 Å². The van der Waals surface area contributed by atoms with Gasteiger partial charge in [-0.3, -0.25) is 9.59 Å². The van der Waals surface area contributed by atoms with Gasteiger partial charge in [-0.2, -0.15) is 0 Å². The number of fused-ring (bicyclic) bond motifs is 5. The maximum atomic E-state index is 13.3. The quantitative estimate of drug-likeness (QED) is 0.685. The molecule has 158 valence electrons. The number of carboxylic acid groups (broad SMARTS) is 1. The third-order valence-electron chi connectivity index (χ3n) is 9.80. The minimum absolute atomic E-state index is 0.00514. The van der Waals surface area contributed by atoms with E-state index in [9.17, 15) is 24.9 Å². The van der Waals surface area contributed by atoms with E-state index in [1.165, 1.54) is 0 Å². The molecule has 4 rings (SSSR count). The molecule has 4 fully saturated rings. The molecular formula is C23H36O5. The van der Waals surface area contributed by atoms with Crippen molar-refractivity contribution in [3.63, 3.8) is 0 Å². The van der Waals surface area contributed by atoms with Crippen molar-refractivity contribution in [2.24, 2.45) is 46.3 Å². The lowest BCUT2D eigenvalue weighted by molar-refractivity contribution is -0.182. The van der Waals surface area contributed by atoms with Crippen molar-refractivity contribution in [3.05, 3.63) is 0 Å². The molecule has 5 heteroatoms. The van der Waals surface area contributed by atoms with Crippen LogP contribution >= 0.6 is 0 Å². The van der Waals surface area contributed by atoms with Crippen molar-refractivity contribution in [1.29, 1.82) is 0 Å². The van der Waals surface area contributed by atoms with Gasteiger partial charge in [0.1, 0.15) is 5.78 Å². The fourth-order valence-electron chi connectivity index (χ4n) is 8.26. The largest absolute Gasteiger partial charge is 0.481 e. The van der Waals surface area contributed by atoms with Crippen LogP contribution in [0.1, 0.15) is 72.1 Å². The molecule has 3 N–H and O–H groups in total. The van der Waals surface area contributed by atoms with E-state index in [1.54, 1.807) is 0 Å². The number of hydrogen-bond donors (Lipinski definition) is 3. The minimum Gasteiger partial charge on any atom is -0.481 e. The van der Waals surface area contributed by atoms with E-state index in [2.05, 4.69) is 13.8 Å². The summed E-state index contributed by atoms with van der Waals surface area (Å²) in [7, 11) is 0. The molecule has 0 amide bonds. The first kappa shape index (κ1) is 20.3. The molecule has 10 atom stereocenters. The maximum Gasteiger partial charge on any atom is 0.303 e. The van der Waals surface area contributed by atoms with Gasteiger partial charge in [-0.1, -0.05) is 20.8 Å². The lowest BCUT2D eigenvalue weighted by atomic mass is 9.43. The Labute approximate surface area is 167 Å². The molecule has 0 unspecified atom stereocenters. The van der Waals surface area contributed by atoms with E-state index in [4.69, 9.17) is 0 Å². The molecule has 0 saturated heterocycles. The van der Waals surface area contributed by atoms with Crippen molar-refractivity contribution in [2.45, 2.75) is 84.3 Å². The monoisotopic (exact) mass is 392 g/mol. The molecule has 0 bridgehead atoms. The number of ketones is 1. The van der Waals surface area contributed by atoms with Gasteiger partial charge in [0.05, 0.1) is 12.2 Å². The summed E-state index contributed by atoms with van der Waals surface area (Å²) in [4.78, 5) is 24.6. The summed E-state index contributed by atoms with van der Waals surface area (Å²) in [6.07, 6.45) is 4.80. The Balaban J connectivity index is 1.66. The fourth-order valence-corrected chi connectivity index (χ4v) is 8.26. The van der Waals surface area contributed by atoms with Gasteiger partial charge in [0.2, 0.25) is 0 Å². The standard InChI is InChI=1S/C23H36O5/c1-12(8-20(27)28)15-4-5-16-21-17(11-19(26)23(15,16)3)22(2)7-6-14(24)9-13(22)10-18(21)25/h12-17,19,21,24,26H,4-11H2,1-3H3,(H,27,28)/t12-,13+,14-,15-,16+,17+,19+,21+,22+,23-/m1/s1. The van der Waals surface area contributed by atoms with Crippen LogP contribution in [0, 0.1) is 46.3 Å². The van der Waals surface area contributed by atoms with Crippen molar-refractivity contribution in [1.82, 2.24) is 0 Å². The second-order valence-corrected chi connectivity index (χ2v) is 10.9. The Morgan fingerprint density at radius 1 is 1.14 bits per heavy atom. The number of aliphatic carboxylic acids is 1. The first-order valence-electron chi connectivity index (χ1n) is 11.2. The van der Waals surface area contributed by atoms with Crippen molar-refractivity contribution in [3.8, 4) is 0 Å². The van der Waals surface area contributed by atoms with Gasteiger partial charge in [0, 0.05) is 24.2 Å². The first-order valence-corrected chi connectivity index (χ1v) is 11.2. The summed E-state index contributed by atoms with van der Waals surface area (Å²) in [5, 5.41) is 30.8. The van der Waals surface area contributed by atoms with Gasteiger partial charge in [-0.15, -0.1) is 0 Å². The summed E-state index contributed by atoms with van der Waals surface area (Å²) in [6.45, 7) is 6.41. The highest BCUT2D eigenvalue weighted by atomic mass is 16.4. The van der Waals surface area contributed by atoms with Gasteiger partial charge in [-0.25, -0.2) is 0 Å². The summed E-state index contributed by atoms with van der Waals surface area (Å²) in [5.74, 6) is 0.259.